The van der Waals surface area contributed by atoms with E-state index < -0.39 is 0 Å². The highest BCUT2D eigenvalue weighted by Gasteiger charge is 2.04. The molecule has 4 heteroatoms. The van der Waals surface area contributed by atoms with Crippen molar-refractivity contribution in [1.82, 2.24) is 9.97 Å². The van der Waals surface area contributed by atoms with Crippen LogP contribution in [0.1, 0.15) is 5.69 Å². The number of aromatic nitrogens is 2. The topological polar surface area (TPSA) is 50.2 Å². The van der Waals surface area contributed by atoms with E-state index in [1.807, 2.05) is 0 Å². The third kappa shape index (κ3) is 1.32. The average molecular weight is 162 g/mol. The Balaban J connectivity index is 3.31. The van der Waals surface area contributed by atoms with E-state index in [-0.39, 0.29) is 0 Å². The molecule has 0 aliphatic rings. The lowest BCUT2D eigenvalue weighted by Gasteiger charge is -2.04. The fourth-order valence-corrected chi connectivity index (χ4v) is 0.881. The summed E-state index contributed by atoms with van der Waals surface area (Å²) in [6.45, 7) is 7.04. The summed E-state index contributed by atoms with van der Waals surface area (Å²) in [5, 5.41) is 2.89. The van der Waals surface area contributed by atoms with Gasteiger partial charge in [-0.05, 0) is 12.8 Å². The minimum Gasteiger partial charge on any atom is -0.371 e. The molecule has 1 rings (SSSR count). The van der Waals surface area contributed by atoms with Gasteiger partial charge in [0.15, 0.2) is 5.82 Å². The molecule has 0 saturated heterocycles. The molecule has 0 aliphatic carbocycles. The molecule has 0 fully saturated rings. The normalized spacial score (nSPS) is 9.08. The second-order valence-corrected chi connectivity index (χ2v) is 2.07. The number of nitrogens with zero attached hydrogens (tertiary/aromatic N) is 3. The molecule has 4 nitrogen and oxygen atoms in total. The predicted octanol–water partition coefficient (Wildman–Crippen LogP) is 1.49. The molecule has 0 atom stereocenters. The molecular formula is C8H10N4. The zero-order chi connectivity index (χ0) is 8.97. The molecule has 1 heterocycles. The van der Waals surface area contributed by atoms with Crippen LogP contribution >= 0.6 is 0 Å². The lowest BCUT2D eigenvalue weighted by atomic mass is 10.3. The standard InChI is InChI=1S/C8H10N4/c1-4-6-7(9-2)8(10-3)12-5-11-6/h4-5H,1-2H2,3H3,(H,10,11,12). The number of rotatable bonds is 3. The van der Waals surface area contributed by atoms with E-state index in [9.17, 15) is 0 Å². The zero-order valence-corrected chi connectivity index (χ0v) is 6.91. The molecule has 0 amide bonds. The molecule has 1 aromatic heterocycles. The summed E-state index contributed by atoms with van der Waals surface area (Å²) in [7, 11) is 1.77. The van der Waals surface area contributed by atoms with Crippen molar-refractivity contribution in [3.8, 4) is 0 Å². The van der Waals surface area contributed by atoms with Gasteiger partial charge in [-0.1, -0.05) is 6.58 Å². The molecule has 0 spiro atoms. The summed E-state index contributed by atoms with van der Waals surface area (Å²) in [5.74, 6) is 0.662. The Labute approximate surface area is 71.1 Å². The Bertz CT molecular complexity index is 306. The first kappa shape index (κ1) is 8.39. The van der Waals surface area contributed by atoms with Gasteiger partial charge in [-0.15, -0.1) is 0 Å². The van der Waals surface area contributed by atoms with E-state index >= 15 is 0 Å². The van der Waals surface area contributed by atoms with Crippen LogP contribution in [0.3, 0.4) is 0 Å². The maximum atomic E-state index is 3.97. The van der Waals surface area contributed by atoms with Gasteiger partial charge in [0, 0.05) is 7.05 Å². The molecule has 0 bridgehead atoms. The Morgan fingerprint density at radius 3 is 2.83 bits per heavy atom. The molecule has 0 aliphatic heterocycles. The zero-order valence-electron chi connectivity index (χ0n) is 6.91. The summed E-state index contributed by atoms with van der Waals surface area (Å²) < 4.78 is 0. The molecule has 0 radical (unpaired) electrons. The van der Waals surface area contributed by atoms with E-state index in [4.69, 9.17) is 0 Å². The molecule has 1 aromatic rings. The van der Waals surface area contributed by atoms with Crippen LogP contribution in [0.15, 0.2) is 17.9 Å². The smallest absolute Gasteiger partial charge is 0.155 e. The van der Waals surface area contributed by atoms with Crippen molar-refractivity contribution in [2.45, 2.75) is 0 Å². The first-order chi connectivity index (χ1) is 5.83. The largest absolute Gasteiger partial charge is 0.371 e. The quantitative estimate of drug-likeness (QED) is 0.685. The monoisotopic (exact) mass is 162 g/mol. The molecule has 62 valence electrons. The van der Waals surface area contributed by atoms with Crippen molar-refractivity contribution in [2.24, 2.45) is 4.99 Å². The fourth-order valence-electron chi connectivity index (χ4n) is 0.881. The van der Waals surface area contributed by atoms with Gasteiger partial charge in [0.05, 0.1) is 5.69 Å². The molecule has 0 aromatic carbocycles. The van der Waals surface area contributed by atoms with Crippen molar-refractivity contribution < 1.29 is 0 Å². The first-order valence-corrected chi connectivity index (χ1v) is 3.45. The van der Waals surface area contributed by atoms with E-state index in [0.717, 1.165) is 0 Å². The van der Waals surface area contributed by atoms with Gasteiger partial charge in [-0.25, -0.2) is 9.97 Å². The Hall–Kier alpha value is -1.71. The number of anilines is 1. The maximum Gasteiger partial charge on any atom is 0.155 e. The lowest BCUT2D eigenvalue weighted by molar-refractivity contribution is 1.14. The van der Waals surface area contributed by atoms with Crippen LogP contribution in [0.25, 0.3) is 6.08 Å². The van der Waals surface area contributed by atoms with E-state index in [1.54, 1.807) is 13.1 Å². The van der Waals surface area contributed by atoms with Crippen LogP contribution in [-0.2, 0) is 0 Å². The summed E-state index contributed by atoms with van der Waals surface area (Å²) >= 11 is 0. The molecule has 1 N–H and O–H groups in total. The van der Waals surface area contributed by atoms with Gasteiger partial charge in [-0.2, -0.15) is 0 Å². The second-order valence-electron chi connectivity index (χ2n) is 2.07. The van der Waals surface area contributed by atoms with Gasteiger partial charge in [0.1, 0.15) is 12.0 Å². The summed E-state index contributed by atoms with van der Waals surface area (Å²) in [6.07, 6.45) is 3.07. The molecule has 0 unspecified atom stereocenters. The Morgan fingerprint density at radius 2 is 2.33 bits per heavy atom. The number of nitrogens with one attached hydrogen (secondary N) is 1. The van der Waals surface area contributed by atoms with E-state index in [1.165, 1.54) is 6.33 Å². The van der Waals surface area contributed by atoms with Crippen LogP contribution in [-0.4, -0.2) is 23.7 Å². The number of hydrogen-bond donors (Lipinski definition) is 1. The van der Waals surface area contributed by atoms with Crippen molar-refractivity contribution in [1.29, 1.82) is 0 Å². The lowest BCUT2D eigenvalue weighted by Crippen LogP contribution is -1.95. The Morgan fingerprint density at radius 1 is 1.58 bits per heavy atom. The highest BCUT2D eigenvalue weighted by atomic mass is 15.0. The van der Waals surface area contributed by atoms with Gasteiger partial charge in [0.2, 0.25) is 0 Å². The summed E-state index contributed by atoms with van der Waals surface area (Å²) in [5.41, 5.74) is 1.32. The van der Waals surface area contributed by atoms with Gasteiger partial charge >= 0.3 is 0 Å². The fraction of sp³-hybridized carbons (Fsp3) is 0.125. The van der Waals surface area contributed by atoms with E-state index in [0.29, 0.717) is 17.2 Å². The highest BCUT2D eigenvalue weighted by molar-refractivity contribution is 5.72. The third-order valence-electron chi connectivity index (χ3n) is 1.44. The van der Waals surface area contributed by atoms with Crippen molar-refractivity contribution in [3.63, 3.8) is 0 Å². The first-order valence-electron chi connectivity index (χ1n) is 3.45. The minimum atomic E-state index is 0.634. The number of hydrogen-bond acceptors (Lipinski definition) is 4. The van der Waals surface area contributed by atoms with Gasteiger partial charge < -0.3 is 5.32 Å². The second kappa shape index (κ2) is 3.61. The Kier molecular flexibility index (Phi) is 2.53. The van der Waals surface area contributed by atoms with Crippen molar-refractivity contribution >= 4 is 24.3 Å². The molecule has 12 heavy (non-hydrogen) atoms. The molecular weight excluding hydrogens is 152 g/mol. The SMILES string of the molecule is C=Cc1ncnc(NC)c1N=C. The van der Waals surface area contributed by atoms with E-state index in [2.05, 4.69) is 33.6 Å². The van der Waals surface area contributed by atoms with Crippen LogP contribution in [0.2, 0.25) is 0 Å². The molecule has 0 saturated carbocycles. The summed E-state index contributed by atoms with van der Waals surface area (Å²) in [4.78, 5) is 11.7. The van der Waals surface area contributed by atoms with Crippen molar-refractivity contribution in [3.05, 3.63) is 18.6 Å². The predicted molar refractivity (Wildman–Crippen MR) is 50.9 cm³/mol. The van der Waals surface area contributed by atoms with Crippen LogP contribution in [0.4, 0.5) is 11.5 Å². The minimum absolute atomic E-state index is 0.634. The average Bonchev–Trinajstić information content (AvgIpc) is 2.16. The van der Waals surface area contributed by atoms with Gasteiger partial charge in [0.25, 0.3) is 0 Å². The van der Waals surface area contributed by atoms with Crippen LogP contribution < -0.4 is 5.32 Å². The number of aliphatic imine (C=N–C) groups is 1. The maximum absolute atomic E-state index is 3.97. The van der Waals surface area contributed by atoms with Crippen molar-refractivity contribution in [2.75, 3.05) is 12.4 Å². The van der Waals surface area contributed by atoms with Crippen LogP contribution in [0.5, 0.6) is 0 Å². The third-order valence-corrected chi connectivity index (χ3v) is 1.44. The van der Waals surface area contributed by atoms with Crippen LogP contribution in [0, 0.1) is 0 Å². The highest BCUT2D eigenvalue weighted by Crippen LogP contribution is 2.24. The van der Waals surface area contributed by atoms with Gasteiger partial charge in [-0.3, -0.25) is 4.99 Å². The summed E-state index contributed by atoms with van der Waals surface area (Å²) in [6, 6.07) is 0.